The summed E-state index contributed by atoms with van der Waals surface area (Å²) in [6.07, 6.45) is 5.07. The van der Waals surface area contributed by atoms with Crippen LogP contribution in [0.15, 0.2) is 66.3 Å². The van der Waals surface area contributed by atoms with E-state index in [1.807, 2.05) is 74.5 Å². The van der Waals surface area contributed by atoms with Crippen molar-refractivity contribution in [1.82, 2.24) is 0 Å². The number of hydrogen-bond donors (Lipinski definition) is 1. The molecule has 0 saturated heterocycles. The number of allylic oxidation sites excluding steroid dienone is 2. The molecule has 0 unspecified atom stereocenters. The van der Waals surface area contributed by atoms with Crippen LogP contribution in [0.1, 0.15) is 16.7 Å². The molecule has 2 aromatic rings. The third-order valence-corrected chi connectivity index (χ3v) is 3.20. The van der Waals surface area contributed by atoms with Crippen LogP contribution in [0, 0.1) is 25.2 Å². The molecule has 0 heterocycles. The van der Waals surface area contributed by atoms with Gasteiger partial charge < -0.3 is 5.32 Å². The summed E-state index contributed by atoms with van der Waals surface area (Å²) in [5, 5.41) is 11.9. The Morgan fingerprint density at radius 1 is 1.09 bits per heavy atom. The summed E-state index contributed by atoms with van der Waals surface area (Å²) in [6, 6.07) is 17.4. The molecule has 0 fully saturated rings. The van der Waals surface area contributed by atoms with Crippen LogP contribution < -0.4 is 5.32 Å². The summed E-state index contributed by atoms with van der Waals surface area (Å²) >= 11 is 0. The van der Waals surface area contributed by atoms with Crippen LogP contribution in [-0.4, -0.2) is 5.91 Å². The van der Waals surface area contributed by atoms with Crippen LogP contribution in [0.4, 0.5) is 5.69 Å². The highest BCUT2D eigenvalue weighted by Crippen LogP contribution is 2.14. The van der Waals surface area contributed by atoms with Crippen LogP contribution in [0.2, 0.25) is 0 Å². The van der Waals surface area contributed by atoms with Crippen molar-refractivity contribution in [3.8, 4) is 6.07 Å². The van der Waals surface area contributed by atoms with Gasteiger partial charge in [0.25, 0.3) is 5.91 Å². The van der Waals surface area contributed by atoms with Crippen molar-refractivity contribution in [2.24, 2.45) is 0 Å². The summed E-state index contributed by atoms with van der Waals surface area (Å²) in [5.74, 6) is -0.407. The second-order valence-electron chi connectivity index (χ2n) is 5.29. The maximum absolute atomic E-state index is 12.2. The van der Waals surface area contributed by atoms with E-state index >= 15 is 0 Å². The predicted molar refractivity (Wildman–Crippen MR) is 93.7 cm³/mol. The van der Waals surface area contributed by atoms with Crippen molar-refractivity contribution in [1.29, 1.82) is 5.26 Å². The molecule has 2 rings (SSSR count). The Kier molecular flexibility index (Phi) is 5.49. The molecule has 0 aromatic heterocycles. The molecule has 1 amide bonds. The molecule has 0 radical (unpaired) electrons. The van der Waals surface area contributed by atoms with E-state index in [-0.39, 0.29) is 5.57 Å². The van der Waals surface area contributed by atoms with Gasteiger partial charge in [-0.1, -0.05) is 48.6 Å². The maximum Gasteiger partial charge on any atom is 0.266 e. The lowest BCUT2D eigenvalue weighted by molar-refractivity contribution is -0.112. The number of nitrogens with one attached hydrogen (secondary N) is 1. The molecule has 0 spiro atoms. The number of rotatable bonds is 4. The molecule has 3 heteroatoms. The van der Waals surface area contributed by atoms with Gasteiger partial charge in [-0.15, -0.1) is 0 Å². The fourth-order valence-electron chi connectivity index (χ4n) is 2.23. The van der Waals surface area contributed by atoms with Crippen LogP contribution in [0.3, 0.4) is 0 Å². The number of benzene rings is 2. The van der Waals surface area contributed by atoms with Crippen LogP contribution in [0.25, 0.3) is 6.08 Å². The van der Waals surface area contributed by atoms with Crippen LogP contribution >= 0.6 is 0 Å². The van der Waals surface area contributed by atoms with E-state index in [4.69, 9.17) is 5.26 Å². The Morgan fingerprint density at radius 3 is 2.35 bits per heavy atom. The summed E-state index contributed by atoms with van der Waals surface area (Å²) in [6.45, 7) is 3.93. The smallest absolute Gasteiger partial charge is 0.266 e. The molecule has 0 atom stereocenters. The number of hydrogen-bond acceptors (Lipinski definition) is 2. The summed E-state index contributed by atoms with van der Waals surface area (Å²) in [7, 11) is 0. The van der Waals surface area contributed by atoms with Gasteiger partial charge in [0, 0.05) is 5.69 Å². The van der Waals surface area contributed by atoms with Gasteiger partial charge in [-0.25, -0.2) is 0 Å². The van der Waals surface area contributed by atoms with E-state index < -0.39 is 5.91 Å². The monoisotopic (exact) mass is 302 g/mol. The summed E-state index contributed by atoms with van der Waals surface area (Å²) in [4.78, 5) is 12.2. The SMILES string of the molecule is Cc1cc(C)cc(NC(=O)C(C#N)=CC=Cc2ccccc2)c1. The number of nitrogens with zero attached hydrogens (tertiary/aromatic N) is 1. The minimum atomic E-state index is -0.407. The second-order valence-corrected chi connectivity index (χ2v) is 5.29. The number of carbonyl (C=O) groups is 1. The van der Waals surface area contributed by atoms with Gasteiger partial charge in [0.15, 0.2) is 0 Å². The first-order valence-electron chi connectivity index (χ1n) is 7.31. The molecule has 2 aromatic carbocycles. The van der Waals surface area contributed by atoms with Crippen molar-refractivity contribution in [3.05, 3.63) is 82.9 Å². The normalized spacial score (nSPS) is 11.3. The molecule has 0 aliphatic rings. The average molecular weight is 302 g/mol. The highest BCUT2D eigenvalue weighted by Gasteiger charge is 2.08. The second kappa shape index (κ2) is 7.77. The molecular weight excluding hydrogens is 284 g/mol. The number of aryl methyl sites for hydroxylation is 2. The van der Waals surface area contributed by atoms with Gasteiger partial charge in [-0.05, 0) is 48.7 Å². The highest BCUT2D eigenvalue weighted by molar-refractivity contribution is 6.06. The molecule has 23 heavy (non-hydrogen) atoms. The van der Waals surface area contributed by atoms with E-state index in [0.29, 0.717) is 5.69 Å². The maximum atomic E-state index is 12.2. The molecule has 1 N–H and O–H groups in total. The van der Waals surface area contributed by atoms with Crippen molar-refractivity contribution in [2.45, 2.75) is 13.8 Å². The van der Waals surface area contributed by atoms with Gasteiger partial charge in [-0.3, -0.25) is 4.79 Å². The lowest BCUT2D eigenvalue weighted by Gasteiger charge is -2.06. The van der Waals surface area contributed by atoms with Crippen LogP contribution in [0.5, 0.6) is 0 Å². The first-order valence-corrected chi connectivity index (χ1v) is 7.31. The minimum absolute atomic E-state index is 0.0661. The van der Waals surface area contributed by atoms with Crippen molar-refractivity contribution in [2.75, 3.05) is 5.32 Å². The Bertz CT molecular complexity index is 776. The van der Waals surface area contributed by atoms with Gasteiger partial charge in [-0.2, -0.15) is 5.26 Å². The van der Waals surface area contributed by atoms with Crippen molar-refractivity contribution < 1.29 is 4.79 Å². The molecule has 0 saturated carbocycles. The third kappa shape index (κ3) is 4.98. The van der Waals surface area contributed by atoms with Crippen LogP contribution in [-0.2, 0) is 4.79 Å². The standard InChI is InChI=1S/C20H18N2O/c1-15-11-16(2)13-19(12-15)22-20(23)18(14-21)10-6-9-17-7-4-3-5-8-17/h3-13H,1-2H3,(H,22,23). The Labute approximate surface area is 136 Å². The summed E-state index contributed by atoms with van der Waals surface area (Å²) < 4.78 is 0. The zero-order valence-corrected chi connectivity index (χ0v) is 13.2. The molecule has 0 aliphatic heterocycles. The van der Waals surface area contributed by atoms with Gasteiger partial charge in [0.2, 0.25) is 0 Å². The van der Waals surface area contributed by atoms with Crippen molar-refractivity contribution in [3.63, 3.8) is 0 Å². The molecule has 0 aliphatic carbocycles. The topological polar surface area (TPSA) is 52.9 Å². The zero-order chi connectivity index (χ0) is 16.7. The number of anilines is 1. The Hall–Kier alpha value is -3.12. The van der Waals surface area contributed by atoms with E-state index in [2.05, 4.69) is 5.32 Å². The average Bonchev–Trinajstić information content (AvgIpc) is 2.51. The lowest BCUT2D eigenvalue weighted by Crippen LogP contribution is -2.13. The van der Waals surface area contributed by atoms with E-state index in [1.54, 1.807) is 6.08 Å². The predicted octanol–water partition coefficient (Wildman–Crippen LogP) is 4.41. The fraction of sp³-hybridized carbons (Fsp3) is 0.100. The molecular formula is C20H18N2O. The van der Waals surface area contributed by atoms with E-state index in [0.717, 1.165) is 16.7 Å². The third-order valence-electron chi connectivity index (χ3n) is 3.20. The fourth-order valence-corrected chi connectivity index (χ4v) is 2.23. The zero-order valence-electron chi connectivity index (χ0n) is 13.2. The number of amides is 1. The first kappa shape index (κ1) is 16.3. The Morgan fingerprint density at radius 2 is 1.74 bits per heavy atom. The Balaban J connectivity index is 2.11. The summed E-state index contributed by atoms with van der Waals surface area (Å²) in [5.41, 5.74) is 3.89. The highest BCUT2D eigenvalue weighted by atomic mass is 16.1. The number of carbonyl (C=O) groups excluding carboxylic acids is 1. The molecule has 114 valence electrons. The van der Waals surface area contributed by atoms with Gasteiger partial charge in [0.05, 0.1) is 0 Å². The van der Waals surface area contributed by atoms with Gasteiger partial charge >= 0.3 is 0 Å². The lowest BCUT2D eigenvalue weighted by atomic mass is 10.1. The molecule has 0 bridgehead atoms. The van der Waals surface area contributed by atoms with Gasteiger partial charge in [0.1, 0.15) is 11.6 Å². The van der Waals surface area contributed by atoms with E-state index in [1.165, 1.54) is 6.08 Å². The first-order chi connectivity index (χ1) is 11.1. The largest absolute Gasteiger partial charge is 0.321 e. The quantitative estimate of drug-likeness (QED) is 0.517. The van der Waals surface area contributed by atoms with Crippen molar-refractivity contribution >= 4 is 17.7 Å². The van der Waals surface area contributed by atoms with E-state index in [9.17, 15) is 4.79 Å². The molecule has 3 nitrogen and oxygen atoms in total. The number of nitriles is 1. The minimum Gasteiger partial charge on any atom is -0.321 e.